The van der Waals surface area contributed by atoms with E-state index in [2.05, 4.69) is 31.1 Å². The van der Waals surface area contributed by atoms with E-state index in [9.17, 15) is 4.79 Å². The number of aromatic nitrogens is 1. The lowest BCUT2D eigenvalue weighted by atomic mass is 9.97. The first-order valence-electron chi connectivity index (χ1n) is 7.69. The largest absolute Gasteiger partial charge is 0.445 e. The Morgan fingerprint density at radius 2 is 2.00 bits per heavy atom. The minimum Gasteiger partial charge on any atom is -0.445 e. The zero-order chi connectivity index (χ0) is 15.9. The lowest BCUT2D eigenvalue weighted by Gasteiger charge is -2.12. The molecule has 1 aromatic heterocycles. The van der Waals surface area contributed by atoms with Crippen molar-refractivity contribution in [1.29, 1.82) is 0 Å². The second kappa shape index (κ2) is 8.17. The molecule has 5 nitrogen and oxygen atoms in total. The van der Waals surface area contributed by atoms with Gasteiger partial charge in [0.05, 0.1) is 5.69 Å². The van der Waals surface area contributed by atoms with Crippen LogP contribution in [0.2, 0.25) is 0 Å². The summed E-state index contributed by atoms with van der Waals surface area (Å²) in [5.41, 5.74) is 0.758. The number of hydrogen-bond acceptors (Lipinski definition) is 4. The maximum Gasteiger partial charge on any atom is 0.220 e. The van der Waals surface area contributed by atoms with Crippen LogP contribution >= 0.6 is 0 Å². The molecule has 0 aromatic carbocycles. The first kappa shape index (κ1) is 17.7. The molecule has 0 aliphatic rings. The summed E-state index contributed by atoms with van der Waals surface area (Å²) in [6, 6.07) is 0. The van der Waals surface area contributed by atoms with Gasteiger partial charge in [0.1, 0.15) is 5.76 Å². The Balaban J connectivity index is 2.35. The van der Waals surface area contributed by atoms with Gasteiger partial charge in [-0.2, -0.15) is 0 Å². The van der Waals surface area contributed by atoms with E-state index in [1.807, 2.05) is 6.92 Å². The van der Waals surface area contributed by atoms with Crippen molar-refractivity contribution >= 4 is 5.91 Å². The van der Waals surface area contributed by atoms with Crippen molar-refractivity contribution in [2.24, 2.45) is 0 Å². The summed E-state index contributed by atoms with van der Waals surface area (Å²) in [4.78, 5) is 16.2. The molecule has 0 spiro atoms. The van der Waals surface area contributed by atoms with Crippen LogP contribution in [0, 0.1) is 6.92 Å². The molecular formula is C16H28N2O3. The quantitative estimate of drug-likeness (QED) is 0.723. The zero-order valence-electron chi connectivity index (χ0n) is 13.7. The number of rotatable bonds is 8. The van der Waals surface area contributed by atoms with Crippen molar-refractivity contribution in [2.75, 3.05) is 13.2 Å². The summed E-state index contributed by atoms with van der Waals surface area (Å²) >= 11 is 0. The highest BCUT2D eigenvalue weighted by Crippen LogP contribution is 2.24. The third kappa shape index (κ3) is 6.29. The third-order valence-electron chi connectivity index (χ3n) is 3.27. The van der Waals surface area contributed by atoms with Crippen LogP contribution in [0.4, 0.5) is 0 Å². The molecule has 2 N–H and O–H groups in total. The van der Waals surface area contributed by atoms with Crippen molar-refractivity contribution in [1.82, 2.24) is 10.3 Å². The van der Waals surface area contributed by atoms with Crippen LogP contribution in [0.15, 0.2) is 4.42 Å². The van der Waals surface area contributed by atoms with Crippen LogP contribution in [0.5, 0.6) is 0 Å². The van der Waals surface area contributed by atoms with E-state index in [1.165, 1.54) is 0 Å². The van der Waals surface area contributed by atoms with Crippen molar-refractivity contribution in [3.63, 3.8) is 0 Å². The minimum atomic E-state index is -0.113. The standard InChI is InChI=1S/C16H28N2O3/c1-12-13(21-15(18-12)16(2,3)4)8-9-14(20)17-10-6-5-7-11-19/h19H,5-11H2,1-4H3,(H,17,20). The smallest absolute Gasteiger partial charge is 0.220 e. The number of hydrogen-bond donors (Lipinski definition) is 2. The summed E-state index contributed by atoms with van der Waals surface area (Å²) in [5, 5.41) is 11.6. The van der Waals surface area contributed by atoms with Crippen LogP contribution in [0.25, 0.3) is 0 Å². The van der Waals surface area contributed by atoms with Gasteiger partial charge in [0, 0.05) is 31.4 Å². The molecule has 0 bridgehead atoms. The number of aliphatic hydroxyl groups is 1. The molecule has 1 amide bonds. The van der Waals surface area contributed by atoms with E-state index in [4.69, 9.17) is 9.52 Å². The molecule has 1 rings (SSSR count). The average molecular weight is 296 g/mol. The minimum absolute atomic E-state index is 0.0344. The molecule has 0 fully saturated rings. The van der Waals surface area contributed by atoms with Crippen LogP contribution in [0.3, 0.4) is 0 Å². The van der Waals surface area contributed by atoms with Gasteiger partial charge < -0.3 is 14.8 Å². The van der Waals surface area contributed by atoms with Crippen LogP contribution in [0.1, 0.15) is 63.8 Å². The maximum atomic E-state index is 11.7. The number of aryl methyl sites for hydroxylation is 2. The van der Waals surface area contributed by atoms with E-state index in [0.29, 0.717) is 19.4 Å². The fourth-order valence-electron chi connectivity index (χ4n) is 1.94. The summed E-state index contributed by atoms with van der Waals surface area (Å²) in [5.74, 6) is 1.56. The molecule has 0 unspecified atom stereocenters. The van der Waals surface area contributed by atoms with Crippen molar-refractivity contribution in [3.05, 3.63) is 17.3 Å². The van der Waals surface area contributed by atoms with Crippen molar-refractivity contribution in [2.45, 2.75) is 65.2 Å². The summed E-state index contributed by atoms with van der Waals surface area (Å²) in [6.07, 6.45) is 3.63. The molecule has 5 heteroatoms. The SMILES string of the molecule is Cc1nc(C(C)(C)C)oc1CCC(=O)NCCCCCO. The molecular weight excluding hydrogens is 268 g/mol. The predicted molar refractivity (Wildman–Crippen MR) is 82.2 cm³/mol. The third-order valence-corrected chi connectivity index (χ3v) is 3.27. The van der Waals surface area contributed by atoms with Gasteiger partial charge in [-0.3, -0.25) is 4.79 Å². The molecule has 0 radical (unpaired) electrons. The van der Waals surface area contributed by atoms with E-state index in [-0.39, 0.29) is 17.9 Å². The second-order valence-corrected chi connectivity index (χ2v) is 6.41. The predicted octanol–water partition coefficient (Wildman–Crippen LogP) is 2.49. The lowest BCUT2D eigenvalue weighted by Crippen LogP contribution is -2.24. The fourth-order valence-corrected chi connectivity index (χ4v) is 1.94. The molecule has 0 aliphatic carbocycles. The highest BCUT2D eigenvalue weighted by atomic mass is 16.4. The van der Waals surface area contributed by atoms with Gasteiger partial charge in [0.15, 0.2) is 5.89 Å². The second-order valence-electron chi connectivity index (χ2n) is 6.41. The number of nitrogens with one attached hydrogen (secondary N) is 1. The molecule has 120 valence electrons. The number of unbranched alkanes of at least 4 members (excludes halogenated alkanes) is 2. The normalized spacial score (nSPS) is 11.7. The molecule has 0 aliphatic heterocycles. The molecule has 1 heterocycles. The van der Waals surface area contributed by atoms with Gasteiger partial charge in [-0.05, 0) is 26.2 Å². The number of carbonyl (C=O) groups excluding carboxylic acids is 1. The maximum absolute atomic E-state index is 11.7. The van der Waals surface area contributed by atoms with Gasteiger partial charge in [0.25, 0.3) is 0 Å². The van der Waals surface area contributed by atoms with E-state index in [0.717, 1.165) is 36.6 Å². The van der Waals surface area contributed by atoms with Gasteiger partial charge >= 0.3 is 0 Å². The Kier molecular flexibility index (Phi) is 6.89. The number of aliphatic hydroxyl groups excluding tert-OH is 1. The topological polar surface area (TPSA) is 75.4 Å². The van der Waals surface area contributed by atoms with Gasteiger partial charge in [-0.1, -0.05) is 20.8 Å². The van der Waals surface area contributed by atoms with Gasteiger partial charge in [-0.25, -0.2) is 4.98 Å². The summed E-state index contributed by atoms with van der Waals surface area (Å²) in [6.45, 7) is 8.97. The van der Waals surface area contributed by atoms with Crippen LogP contribution in [-0.2, 0) is 16.6 Å². The highest BCUT2D eigenvalue weighted by molar-refractivity contribution is 5.76. The van der Waals surface area contributed by atoms with Crippen molar-refractivity contribution < 1.29 is 14.3 Å². The Labute approximate surface area is 127 Å². The first-order valence-corrected chi connectivity index (χ1v) is 7.69. The Morgan fingerprint density at radius 1 is 1.29 bits per heavy atom. The fraction of sp³-hybridized carbons (Fsp3) is 0.750. The Hall–Kier alpha value is -1.36. The van der Waals surface area contributed by atoms with E-state index >= 15 is 0 Å². The van der Waals surface area contributed by atoms with Crippen molar-refractivity contribution in [3.8, 4) is 0 Å². The highest BCUT2D eigenvalue weighted by Gasteiger charge is 2.22. The molecule has 0 atom stereocenters. The average Bonchev–Trinajstić information content (AvgIpc) is 2.77. The number of carbonyl (C=O) groups is 1. The molecule has 1 aromatic rings. The molecule has 0 saturated carbocycles. The van der Waals surface area contributed by atoms with Gasteiger partial charge in [-0.15, -0.1) is 0 Å². The summed E-state index contributed by atoms with van der Waals surface area (Å²) in [7, 11) is 0. The Bertz CT molecular complexity index is 447. The van der Waals surface area contributed by atoms with E-state index < -0.39 is 0 Å². The van der Waals surface area contributed by atoms with Crippen LogP contribution < -0.4 is 5.32 Å². The number of amides is 1. The van der Waals surface area contributed by atoms with Gasteiger partial charge in [0.2, 0.25) is 5.91 Å². The lowest BCUT2D eigenvalue weighted by molar-refractivity contribution is -0.121. The van der Waals surface area contributed by atoms with E-state index in [1.54, 1.807) is 0 Å². The Morgan fingerprint density at radius 3 is 2.57 bits per heavy atom. The summed E-state index contributed by atoms with van der Waals surface area (Å²) < 4.78 is 5.77. The van der Waals surface area contributed by atoms with Crippen LogP contribution in [-0.4, -0.2) is 29.1 Å². The number of oxazole rings is 1. The monoisotopic (exact) mass is 296 g/mol. The number of nitrogens with zero attached hydrogens (tertiary/aromatic N) is 1. The zero-order valence-corrected chi connectivity index (χ0v) is 13.7. The first-order chi connectivity index (χ1) is 9.84. The molecule has 21 heavy (non-hydrogen) atoms. The molecule has 0 saturated heterocycles.